The summed E-state index contributed by atoms with van der Waals surface area (Å²) in [5.74, 6) is 0.00597. The molecule has 2 aromatic carbocycles. The third-order valence-electron chi connectivity index (χ3n) is 3.43. The highest BCUT2D eigenvalue weighted by Gasteiger charge is 2.11. The third kappa shape index (κ3) is 2.16. The van der Waals surface area contributed by atoms with Gasteiger partial charge in [-0.05, 0) is 23.8 Å². The monoisotopic (exact) mass is 266 g/mol. The van der Waals surface area contributed by atoms with Gasteiger partial charge in [-0.2, -0.15) is 0 Å². The van der Waals surface area contributed by atoms with Gasteiger partial charge >= 0.3 is 5.97 Å². The van der Waals surface area contributed by atoms with Gasteiger partial charge in [0.25, 0.3) is 0 Å². The summed E-state index contributed by atoms with van der Waals surface area (Å²) in [6, 6.07) is 15.1. The summed E-state index contributed by atoms with van der Waals surface area (Å²) >= 11 is 0. The number of imidazole rings is 1. The fourth-order valence-electron chi connectivity index (χ4n) is 2.31. The van der Waals surface area contributed by atoms with Crippen molar-refractivity contribution in [1.82, 2.24) is 9.55 Å². The van der Waals surface area contributed by atoms with Crippen LogP contribution >= 0.6 is 0 Å². The van der Waals surface area contributed by atoms with E-state index >= 15 is 0 Å². The number of hydrogen-bond donors (Lipinski definition) is 1. The average Bonchev–Trinajstić information content (AvgIpc) is 2.76. The Bertz CT molecular complexity index is 776. The maximum absolute atomic E-state index is 11.0. The highest BCUT2D eigenvalue weighted by Crippen LogP contribution is 2.19. The van der Waals surface area contributed by atoms with Crippen LogP contribution in [0.2, 0.25) is 0 Å². The molecule has 1 heterocycles. The number of rotatable bonds is 3. The molecule has 0 saturated heterocycles. The van der Waals surface area contributed by atoms with Gasteiger partial charge < -0.3 is 9.67 Å². The van der Waals surface area contributed by atoms with E-state index in [1.807, 2.05) is 29.8 Å². The van der Waals surface area contributed by atoms with Crippen LogP contribution in [0.25, 0.3) is 11.0 Å². The Morgan fingerprint density at radius 1 is 1.20 bits per heavy atom. The summed E-state index contributed by atoms with van der Waals surface area (Å²) in [6.07, 6.45) is 0.731. The smallest absolute Gasteiger partial charge is 0.335 e. The van der Waals surface area contributed by atoms with E-state index in [0.717, 1.165) is 23.3 Å². The van der Waals surface area contributed by atoms with Crippen LogP contribution in [-0.4, -0.2) is 20.6 Å². The van der Waals surface area contributed by atoms with Gasteiger partial charge in [0.05, 0.1) is 16.6 Å². The van der Waals surface area contributed by atoms with Gasteiger partial charge in [0.1, 0.15) is 5.82 Å². The largest absolute Gasteiger partial charge is 0.478 e. The molecular formula is C16H14N2O2. The molecule has 20 heavy (non-hydrogen) atoms. The normalized spacial score (nSPS) is 10.8. The van der Waals surface area contributed by atoms with Crippen LogP contribution in [0.1, 0.15) is 21.7 Å². The summed E-state index contributed by atoms with van der Waals surface area (Å²) in [6.45, 7) is 0. The van der Waals surface area contributed by atoms with E-state index in [2.05, 4.69) is 17.1 Å². The standard InChI is InChI=1S/C16H14N2O2/c1-18-14-10-12(16(19)20)7-8-13(14)17-15(18)9-11-5-3-2-4-6-11/h2-8,10H,9H2,1H3,(H,19,20). The molecular weight excluding hydrogens is 252 g/mol. The van der Waals surface area contributed by atoms with Crippen molar-refractivity contribution in [3.05, 3.63) is 65.5 Å². The van der Waals surface area contributed by atoms with Gasteiger partial charge in [0.2, 0.25) is 0 Å². The van der Waals surface area contributed by atoms with E-state index in [1.165, 1.54) is 5.56 Å². The van der Waals surface area contributed by atoms with Gasteiger partial charge in [-0.25, -0.2) is 9.78 Å². The molecule has 0 saturated carbocycles. The molecule has 4 heteroatoms. The number of aryl methyl sites for hydroxylation is 1. The zero-order chi connectivity index (χ0) is 14.1. The lowest BCUT2D eigenvalue weighted by molar-refractivity contribution is 0.0697. The molecule has 0 aliphatic carbocycles. The van der Waals surface area contributed by atoms with Crippen molar-refractivity contribution < 1.29 is 9.90 Å². The van der Waals surface area contributed by atoms with Gasteiger partial charge in [-0.1, -0.05) is 30.3 Å². The Labute approximate surface area is 116 Å². The minimum Gasteiger partial charge on any atom is -0.478 e. The molecule has 3 aromatic rings. The molecule has 0 spiro atoms. The van der Waals surface area contributed by atoms with Gasteiger partial charge in [0, 0.05) is 13.5 Å². The molecule has 1 aromatic heterocycles. The number of aromatic carboxylic acids is 1. The second-order valence-corrected chi connectivity index (χ2v) is 4.76. The van der Waals surface area contributed by atoms with E-state index in [4.69, 9.17) is 5.11 Å². The maximum Gasteiger partial charge on any atom is 0.335 e. The number of benzene rings is 2. The first-order valence-electron chi connectivity index (χ1n) is 6.38. The molecule has 4 nitrogen and oxygen atoms in total. The summed E-state index contributed by atoms with van der Waals surface area (Å²) in [5.41, 5.74) is 3.13. The predicted molar refractivity (Wildman–Crippen MR) is 76.9 cm³/mol. The lowest BCUT2D eigenvalue weighted by atomic mass is 10.1. The number of carbonyl (C=O) groups is 1. The topological polar surface area (TPSA) is 55.1 Å². The summed E-state index contributed by atoms with van der Waals surface area (Å²) in [7, 11) is 1.92. The minimum atomic E-state index is -0.919. The van der Waals surface area contributed by atoms with Crippen LogP contribution in [0.5, 0.6) is 0 Å². The third-order valence-corrected chi connectivity index (χ3v) is 3.43. The quantitative estimate of drug-likeness (QED) is 0.793. The first-order valence-corrected chi connectivity index (χ1v) is 6.38. The fourth-order valence-corrected chi connectivity index (χ4v) is 2.31. The van der Waals surface area contributed by atoms with Crippen LogP contribution < -0.4 is 0 Å². The Kier molecular flexibility index (Phi) is 2.99. The van der Waals surface area contributed by atoms with Crippen molar-refractivity contribution in [3.8, 4) is 0 Å². The molecule has 0 bridgehead atoms. The zero-order valence-corrected chi connectivity index (χ0v) is 11.1. The number of hydrogen-bond acceptors (Lipinski definition) is 2. The Balaban J connectivity index is 2.05. The van der Waals surface area contributed by atoms with E-state index in [1.54, 1.807) is 18.2 Å². The van der Waals surface area contributed by atoms with E-state index in [0.29, 0.717) is 0 Å². The number of nitrogens with zero attached hydrogens (tertiary/aromatic N) is 2. The summed E-state index contributed by atoms with van der Waals surface area (Å²) in [4.78, 5) is 15.6. The lowest BCUT2D eigenvalue weighted by Crippen LogP contribution is -2.00. The lowest BCUT2D eigenvalue weighted by Gasteiger charge is -2.02. The van der Waals surface area contributed by atoms with Crippen LogP contribution in [0.3, 0.4) is 0 Å². The number of aromatic nitrogens is 2. The molecule has 0 unspecified atom stereocenters. The second-order valence-electron chi connectivity index (χ2n) is 4.76. The van der Waals surface area contributed by atoms with Crippen molar-refractivity contribution in [2.75, 3.05) is 0 Å². The van der Waals surface area contributed by atoms with E-state index in [9.17, 15) is 4.79 Å². The molecule has 3 rings (SSSR count). The van der Waals surface area contributed by atoms with Crippen LogP contribution in [0.4, 0.5) is 0 Å². The van der Waals surface area contributed by atoms with E-state index in [-0.39, 0.29) is 5.56 Å². The number of fused-ring (bicyclic) bond motifs is 1. The first kappa shape index (κ1) is 12.4. The first-order chi connectivity index (χ1) is 9.65. The number of carboxylic acid groups (broad SMARTS) is 1. The Hall–Kier alpha value is -2.62. The van der Waals surface area contributed by atoms with Crippen molar-refractivity contribution in [1.29, 1.82) is 0 Å². The van der Waals surface area contributed by atoms with Crippen molar-refractivity contribution in [2.24, 2.45) is 7.05 Å². The van der Waals surface area contributed by atoms with Crippen LogP contribution in [-0.2, 0) is 13.5 Å². The van der Waals surface area contributed by atoms with Gasteiger partial charge in [0.15, 0.2) is 0 Å². The molecule has 0 fully saturated rings. The van der Waals surface area contributed by atoms with Crippen LogP contribution in [0, 0.1) is 0 Å². The molecule has 0 aliphatic rings. The fraction of sp³-hybridized carbons (Fsp3) is 0.125. The zero-order valence-electron chi connectivity index (χ0n) is 11.1. The molecule has 0 amide bonds. The average molecular weight is 266 g/mol. The summed E-state index contributed by atoms with van der Waals surface area (Å²) in [5, 5.41) is 9.05. The van der Waals surface area contributed by atoms with Gasteiger partial charge in [-0.3, -0.25) is 0 Å². The summed E-state index contributed by atoms with van der Waals surface area (Å²) < 4.78 is 1.95. The molecule has 100 valence electrons. The minimum absolute atomic E-state index is 0.284. The predicted octanol–water partition coefficient (Wildman–Crippen LogP) is 2.86. The van der Waals surface area contributed by atoms with Crippen molar-refractivity contribution >= 4 is 17.0 Å². The molecule has 0 atom stereocenters. The molecule has 0 radical (unpaired) electrons. The Morgan fingerprint density at radius 3 is 2.65 bits per heavy atom. The molecule has 0 aliphatic heterocycles. The number of carboxylic acids is 1. The van der Waals surface area contributed by atoms with Gasteiger partial charge in [-0.15, -0.1) is 0 Å². The SMILES string of the molecule is Cn1c(Cc2ccccc2)nc2ccc(C(=O)O)cc21. The Morgan fingerprint density at radius 2 is 1.95 bits per heavy atom. The van der Waals surface area contributed by atoms with E-state index < -0.39 is 5.97 Å². The van der Waals surface area contributed by atoms with Crippen LogP contribution in [0.15, 0.2) is 48.5 Å². The molecule has 1 N–H and O–H groups in total. The van der Waals surface area contributed by atoms with Crippen molar-refractivity contribution in [2.45, 2.75) is 6.42 Å². The highest BCUT2D eigenvalue weighted by molar-refractivity contribution is 5.92. The maximum atomic E-state index is 11.0. The second kappa shape index (κ2) is 4.81. The highest BCUT2D eigenvalue weighted by atomic mass is 16.4. The van der Waals surface area contributed by atoms with Crippen molar-refractivity contribution in [3.63, 3.8) is 0 Å².